The van der Waals surface area contributed by atoms with Gasteiger partial charge in [0.25, 0.3) is 0 Å². The molecule has 3 N–H and O–H groups in total. The number of nitrogens with one attached hydrogen (secondary N) is 1. The molecule has 1 amide bonds. The number of rotatable bonds is 4. The van der Waals surface area contributed by atoms with Crippen LogP contribution in [0.25, 0.3) is 0 Å². The van der Waals surface area contributed by atoms with E-state index in [2.05, 4.69) is 9.71 Å². The van der Waals surface area contributed by atoms with Crippen LogP contribution in [0.3, 0.4) is 0 Å². The molecule has 112 valence electrons. The fourth-order valence-electron chi connectivity index (χ4n) is 2.22. The number of hydrogen-bond donors (Lipinski definition) is 2. The number of nitrogens with zero attached hydrogens (tertiary/aromatic N) is 2. The van der Waals surface area contributed by atoms with Crippen molar-refractivity contribution in [2.45, 2.75) is 25.3 Å². The van der Waals surface area contributed by atoms with Gasteiger partial charge in [-0.3, -0.25) is 4.79 Å². The van der Waals surface area contributed by atoms with Gasteiger partial charge in [-0.15, -0.1) is 11.3 Å². The zero-order chi connectivity index (χ0) is 14.8. The minimum atomic E-state index is -3.18. The standard InChI is InChI=1S/C11H18N4O3S2/c1-20(17,18)14-8-2-4-15(5-3-8)10(16)6-9-7-19-11(12)13-9/h7-8,14H,2-6H2,1H3,(H2,12,13). The number of amides is 1. The Morgan fingerprint density at radius 2 is 2.20 bits per heavy atom. The lowest BCUT2D eigenvalue weighted by Crippen LogP contribution is -2.46. The normalized spacial score (nSPS) is 17.4. The summed E-state index contributed by atoms with van der Waals surface area (Å²) in [7, 11) is -3.18. The summed E-state index contributed by atoms with van der Waals surface area (Å²) in [4.78, 5) is 17.9. The first-order valence-corrected chi connectivity index (χ1v) is 9.05. The highest BCUT2D eigenvalue weighted by Crippen LogP contribution is 2.15. The van der Waals surface area contributed by atoms with Crippen LogP contribution < -0.4 is 10.5 Å². The van der Waals surface area contributed by atoms with Gasteiger partial charge in [-0.1, -0.05) is 0 Å². The van der Waals surface area contributed by atoms with Gasteiger partial charge < -0.3 is 10.6 Å². The first-order chi connectivity index (χ1) is 9.33. The number of hydrogen-bond acceptors (Lipinski definition) is 6. The maximum atomic E-state index is 12.1. The van der Waals surface area contributed by atoms with Crippen LogP contribution in [0.5, 0.6) is 0 Å². The van der Waals surface area contributed by atoms with E-state index in [1.165, 1.54) is 11.3 Å². The van der Waals surface area contributed by atoms with Crippen molar-refractivity contribution in [3.8, 4) is 0 Å². The summed E-state index contributed by atoms with van der Waals surface area (Å²) >= 11 is 1.32. The Hall–Kier alpha value is -1.19. The minimum Gasteiger partial charge on any atom is -0.375 e. The lowest BCUT2D eigenvalue weighted by molar-refractivity contribution is -0.131. The Bertz CT molecular complexity index is 576. The Morgan fingerprint density at radius 3 is 2.70 bits per heavy atom. The molecule has 20 heavy (non-hydrogen) atoms. The van der Waals surface area contributed by atoms with E-state index in [1.54, 1.807) is 10.3 Å². The molecule has 0 aliphatic carbocycles. The van der Waals surface area contributed by atoms with E-state index in [4.69, 9.17) is 5.73 Å². The summed E-state index contributed by atoms with van der Waals surface area (Å²) in [6, 6.07) is -0.0797. The highest BCUT2D eigenvalue weighted by atomic mass is 32.2. The molecule has 0 spiro atoms. The number of aromatic nitrogens is 1. The monoisotopic (exact) mass is 318 g/mol. The van der Waals surface area contributed by atoms with Gasteiger partial charge in [0.1, 0.15) is 0 Å². The zero-order valence-electron chi connectivity index (χ0n) is 11.2. The van der Waals surface area contributed by atoms with E-state index < -0.39 is 10.0 Å². The number of nitrogens with two attached hydrogens (primary N) is 1. The second-order valence-corrected chi connectivity index (χ2v) is 7.57. The summed E-state index contributed by atoms with van der Waals surface area (Å²) in [6.45, 7) is 1.12. The molecular formula is C11H18N4O3S2. The highest BCUT2D eigenvalue weighted by molar-refractivity contribution is 7.88. The molecule has 7 nitrogen and oxygen atoms in total. The fraction of sp³-hybridized carbons (Fsp3) is 0.636. The number of piperidine rings is 1. The first-order valence-electron chi connectivity index (χ1n) is 6.28. The lowest BCUT2D eigenvalue weighted by Gasteiger charge is -2.31. The van der Waals surface area contributed by atoms with Crippen LogP contribution in [0.1, 0.15) is 18.5 Å². The summed E-state index contributed by atoms with van der Waals surface area (Å²) in [6.07, 6.45) is 2.67. The van der Waals surface area contributed by atoms with Crippen molar-refractivity contribution in [2.24, 2.45) is 0 Å². The van der Waals surface area contributed by atoms with E-state index in [0.717, 1.165) is 6.26 Å². The van der Waals surface area contributed by atoms with Crippen LogP contribution in [0, 0.1) is 0 Å². The molecule has 1 aliphatic heterocycles. The molecule has 0 saturated carbocycles. The quantitative estimate of drug-likeness (QED) is 0.800. The molecule has 1 saturated heterocycles. The van der Waals surface area contributed by atoms with Crippen LogP contribution in [0.2, 0.25) is 0 Å². The summed E-state index contributed by atoms with van der Waals surface area (Å²) in [5, 5.41) is 2.24. The van der Waals surface area contributed by atoms with Gasteiger partial charge in [0, 0.05) is 24.5 Å². The molecule has 0 atom stereocenters. The third-order valence-corrected chi connectivity index (χ3v) is 4.61. The second-order valence-electron chi connectivity index (χ2n) is 4.90. The van der Waals surface area contributed by atoms with E-state index >= 15 is 0 Å². The average molecular weight is 318 g/mol. The molecular weight excluding hydrogens is 300 g/mol. The number of carbonyl (C=O) groups is 1. The summed E-state index contributed by atoms with van der Waals surface area (Å²) < 4.78 is 24.9. The summed E-state index contributed by atoms with van der Waals surface area (Å²) in [5.41, 5.74) is 6.22. The SMILES string of the molecule is CS(=O)(=O)NC1CCN(C(=O)Cc2csc(N)n2)CC1. The predicted octanol–water partition coefficient (Wildman–Crippen LogP) is -0.192. The van der Waals surface area contributed by atoms with Crippen LogP contribution in [-0.2, 0) is 21.2 Å². The van der Waals surface area contributed by atoms with E-state index in [9.17, 15) is 13.2 Å². The molecule has 1 aromatic heterocycles. The number of nitrogen functional groups attached to an aromatic ring is 1. The highest BCUT2D eigenvalue weighted by Gasteiger charge is 2.24. The van der Waals surface area contributed by atoms with E-state index in [-0.39, 0.29) is 18.4 Å². The maximum Gasteiger partial charge on any atom is 0.228 e. The van der Waals surface area contributed by atoms with Gasteiger partial charge in [0.15, 0.2) is 5.13 Å². The van der Waals surface area contributed by atoms with Gasteiger partial charge in [0.05, 0.1) is 18.4 Å². The second kappa shape index (κ2) is 6.06. The Morgan fingerprint density at radius 1 is 1.55 bits per heavy atom. The van der Waals surface area contributed by atoms with E-state index in [0.29, 0.717) is 36.8 Å². The summed E-state index contributed by atoms with van der Waals surface area (Å²) in [5.74, 6) is 0.00751. The van der Waals surface area contributed by atoms with Crippen LogP contribution in [0.15, 0.2) is 5.38 Å². The zero-order valence-corrected chi connectivity index (χ0v) is 12.8. The molecule has 0 radical (unpaired) electrons. The van der Waals surface area contributed by atoms with Gasteiger partial charge >= 0.3 is 0 Å². The lowest BCUT2D eigenvalue weighted by atomic mass is 10.1. The van der Waals surface area contributed by atoms with Crippen LogP contribution in [0.4, 0.5) is 5.13 Å². The van der Waals surface area contributed by atoms with Crippen molar-refractivity contribution in [1.82, 2.24) is 14.6 Å². The van der Waals surface area contributed by atoms with Crippen LogP contribution in [-0.4, -0.2) is 49.6 Å². The number of carbonyl (C=O) groups excluding carboxylic acids is 1. The fourth-order valence-corrected chi connectivity index (χ4v) is 3.62. The molecule has 2 heterocycles. The van der Waals surface area contributed by atoms with Gasteiger partial charge in [-0.05, 0) is 12.8 Å². The Balaban J connectivity index is 1.83. The first kappa shape index (κ1) is 15.2. The molecule has 9 heteroatoms. The van der Waals surface area contributed by atoms with Gasteiger partial charge in [0.2, 0.25) is 15.9 Å². The molecule has 1 aromatic rings. The molecule has 0 aromatic carbocycles. The molecule has 0 bridgehead atoms. The van der Waals surface area contributed by atoms with Crippen molar-refractivity contribution in [3.63, 3.8) is 0 Å². The molecule has 2 rings (SSSR count). The van der Waals surface area contributed by atoms with Crippen molar-refractivity contribution < 1.29 is 13.2 Å². The molecule has 0 unspecified atom stereocenters. The Labute approximate surface area is 122 Å². The number of sulfonamides is 1. The molecule has 1 aliphatic rings. The van der Waals surface area contributed by atoms with Crippen molar-refractivity contribution in [1.29, 1.82) is 0 Å². The minimum absolute atomic E-state index is 0.00751. The molecule has 1 fully saturated rings. The topological polar surface area (TPSA) is 105 Å². The third kappa shape index (κ3) is 4.43. The van der Waals surface area contributed by atoms with Crippen molar-refractivity contribution in [3.05, 3.63) is 11.1 Å². The maximum absolute atomic E-state index is 12.1. The van der Waals surface area contributed by atoms with Crippen LogP contribution >= 0.6 is 11.3 Å². The van der Waals surface area contributed by atoms with Crippen molar-refractivity contribution >= 4 is 32.4 Å². The number of anilines is 1. The van der Waals surface area contributed by atoms with Crippen molar-refractivity contribution in [2.75, 3.05) is 25.1 Å². The smallest absolute Gasteiger partial charge is 0.228 e. The number of likely N-dealkylation sites (tertiary alicyclic amines) is 1. The predicted molar refractivity (Wildman–Crippen MR) is 77.8 cm³/mol. The number of thiazole rings is 1. The average Bonchev–Trinajstić information content (AvgIpc) is 2.73. The van der Waals surface area contributed by atoms with Gasteiger partial charge in [-0.25, -0.2) is 18.1 Å². The largest absolute Gasteiger partial charge is 0.375 e. The van der Waals surface area contributed by atoms with Gasteiger partial charge in [-0.2, -0.15) is 0 Å². The third-order valence-electron chi connectivity index (χ3n) is 3.13. The van der Waals surface area contributed by atoms with E-state index in [1.807, 2.05) is 0 Å². The Kier molecular flexibility index (Phi) is 4.61.